The van der Waals surface area contributed by atoms with E-state index in [1.54, 1.807) is 42.6 Å². The Morgan fingerprint density at radius 1 is 1.20 bits per heavy atom. The fraction of sp³-hybridized carbons (Fsp3) is 0.308. The molecule has 0 saturated carbocycles. The summed E-state index contributed by atoms with van der Waals surface area (Å²) in [6.45, 7) is 4.49. The SMILES string of the molecule is C=C(c1nc(C#CCNc2ccccn2)cc2c(N[C@@H]3CCN(C)C[C@@H]3F)cccc12)C(F)(F)F. The van der Waals surface area contributed by atoms with E-state index >= 15 is 0 Å². The zero-order valence-electron chi connectivity index (χ0n) is 19.2. The largest absolute Gasteiger partial charge is 0.417 e. The maximum atomic E-state index is 14.7. The van der Waals surface area contributed by atoms with E-state index in [1.807, 2.05) is 18.0 Å². The van der Waals surface area contributed by atoms with E-state index in [4.69, 9.17) is 0 Å². The highest BCUT2D eigenvalue weighted by Crippen LogP contribution is 2.37. The van der Waals surface area contributed by atoms with E-state index < -0.39 is 24.0 Å². The van der Waals surface area contributed by atoms with Crippen molar-refractivity contribution < 1.29 is 17.6 Å². The van der Waals surface area contributed by atoms with Gasteiger partial charge in [-0.2, -0.15) is 13.2 Å². The van der Waals surface area contributed by atoms with Crippen LogP contribution >= 0.6 is 0 Å². The predicted octanol–water partition coefficient (Wildman–Crippen LogP) is 5.12. The molecule has 1 saturated heterocycles. The molecule has 3 aromatic rings. The van der Waals surface area contributed by atoms with Crippen LogP contribution in [0.25, 0.3) is 16.3 Å². The van der Waals surface area contributed by atoms with E-state index in [-0.39, 0.29) is 23.3 Å². The first-order valence-corrected chi connectivity index (χ1v) is 11.2. The predicted molar refractivity (Wildman–Crippen MR) is 131 cm³/mol. The van der Waals surface area contributed by atoms with Crippen LogP contribution in [-0.4, -0.2) is 59.9 Å². The Kier molecular flexibility index (Phi) is 7.22. The van der Waals surface area contributed by atoms with E-state index in [2.05, 4.69) is 39.0 Å². The third kappa shape index (κ3) is 5.89. The molecule has 182 valence electrons. The first kappa shape index (κ1) is 24.5. The van der Waals surface area contributed by atoms with Gasteiger partial charge in [0, 0.05) is 35.7 Å². The molecular weight excluding hydrogens is 458 g/mol. The molecule has 5 nitrogen and oxygen atoms in total. The highest BCUT2D eigenvalue weighted by Gasteiger charge is 2.35. The zero-order chi connectivity index (χ0) is 25.0. The molecule has 0 aliphatic carbocycles. The minimum atomic E-state index is -4.66. The Morgan fingerprint density at radius 2 is 2.03 bits per heavy atom. The maximum absolute atomic E-state index is 14.7. The summed E-state index contributed by atoms with van der Waals surface area (Å²) in [6, 6.07) is 11.5. The van der Waals surface area contributed by atoms with Crippen LogP contribution in [-0.2, 0) is 0 Å². The van der Waals surface area contributed by atoms with Crippen LogP contribution in [0.4, 0.5) is 29.1 Å². The second kappa shape index (κ2) is 10.3. The van der Waals surface area contributed by atoms with Gasteiger partial charge in [-0.1, -0.05) is 30.7 Å². The molecule has 0 spiro atoms. The number of benzene rings is 1. The van der Waals surface area contributed by atoms with Gasteiger partial charge in [-0.3, -0.25) is 0 Å². The molecule has 4 rings (SSSR count). The number of hydrogen-bond acceptors (Lipinski definition) is 5. The van der Waals surface area contributed by atoms with Gasteiger partial charge in [0.05, 0.1) is 23.9 Å². The van der Waals surface area contributed by atoms with Crippen LogP contribution in [0.15, 0.2) is 55.2 Å². The molecule has 1 aliphatic rings. The van der Waals surface area contributed by atoms with Crippen molar-refractivity contribution in [3.05, 3.63) is 66.6 Å². The molecule has 9 heteroatoms. The average molecular weight is 484 g/mol. The summed E-state index contributed by atoms with van der Waals surface area (Å²) in [5.41, 5.74) is -0.651. The third-order valence-corrected chi connectivity index (χ3v) is 5.83. The summed E-state index contributed by atoms with van der Waals surface area (Å²) < 4.78 is 55.4. The Balaban J connectivity index is 1.69. The smallest absolute Gasteiger partial charge is 0.379 e. The average Bonchev–Trinajstić information content (AvgIpc) is 2.83. The Hall–Kier alpha value is -3.64. The molecule has 3 heterocycles. The topological polar surface area (TPSA) is 53.1 Å². The second-order valence-electron chi connectivity index (χ2n) is 8.42. The molecular formula is C26H25F4N5. The normalized spacial score (nSPS) is 18.5. The molecule has 1 fully saturated rings. The Bertz CT molecular complexity index is 1260. The number of aromatic nitrogens is 2. The van der Waals surface area contributed by atoms with Crippen molar-refractivity contribution >= 4 is 27.9 Å². The fourth-order valence-electron chi connectivity index (χ4n) is 3.99. The minimum absolute atomic E-state index is 0.162. The van der Waals surface area contributed by atoms with Crippen LogP contribution in [0, 0.1) is 11.8 Å². The summed E-state index contributed by atoms with van der Waals surface area (Å²) in [7, 11) is 1.86. The number of fused-ring (bicyclic) bond motifs is 1. The van der Waals surface area contributed by atoms with Crippen LogP contribution in [0.1, 0.15) is 17.8 Å². The number of hydrogen-bond donors (Lipinski definition) is 2. The third-order valence-electron chi connectivity index (χ3n) is 5.83. The number of likely N-dealkylation sites (tertiary alicyclic amines) is 1. The summed E-state index contributed by atoms with van der Waals surface area (Å²) >= 11 is 0. The van der Waals surface area contributed by atoms with Crippen LogP contribution in [0.3, 0.4) is 0 Å². The van der Waals surface area contributed by atoms with Gasteiger partial charge in [-0.05, 0) is 43.7 Å². The first-order valence-electron chi connectivity index (χ1n) is 11.2. The van der Waals surface area contributed by atoms with E-state index in [0.29, 0.717) is 29.9 Å². The lowest BCUT2D eigenvalue weighted by Gasteiger charge is -2.33. The summed E-state index contributed by atoms with van der Waals surface area (Å²) in [5, 5.41) is 6.98. The number of pyridine rings is 2. The molecule has 0 bridgehead atoms. The van der Waals surface area contributed by atoms with E-state index in [9.17, 15) is 17.6 Å². The summed E-state index contributed by atoms with van der Waals surface area (Å²) in [5.74, 6) is 6.33. The number of alkyl halides is 4. The number of allylic oxidation sites excluding steroid dienone is 1. The van der Waals surface area contributed by atoms with Crippen molar-refractivity contribution in [2.75, 3.05) is 37.3 Å². The Morgan fingerprint density at radius 3 is 2.74 bits per heavy atom. The van der Waals surface area contributed by atoms with E-state index in [1.165, 1.54) is 0 Å². The van der Waals surface area contributed by atoms with Gasteiger partial charge >= 0.3 is 6.18 Å². The fourth-order valence-corrected chi connectivity index (χ4v) is 3.99. The summed E-state index contributed by atoms with van der Waals surface area (Å²) in [4.78, 5) is 10.2. The number of nitrogens with zero attached hydrogens (tertiary/aromatic N) is 3. The van der Waals surface area contributed by atoms with E-state index in [0.717, 1.165) is 6.54 Å². The molecule has 0 radical (unpaired) electrons. The maximum Gasteiger partial charge on any atom is 0.417 e. The highest BCUT2D eigenvalue weighted by atomic mass is 19.4. The minimum Gasteiger partial charge on any atom is -0.379 e. The zero-order valence-corrected chi connectivity index (χ0v) is 19.2. The van der Waals surface area contributed by atoms with Gasteiger partial charge in [-0.25, -0.2) is 14.4 Å². The molecule has 1 aliphatic heterocycles. The number of piperidine rings is 1. The standard InChI is InChI=1S/C26H25F4N5/c1-17(26(28,29)30)25-19-8-5-9-22(34-23-11-14-35(2)16-21(23)27)20(19)15-18(33-25)7-6-13-32-24-10-3-4-12-31-24/h3-5,8-10,12,15,21,23,34H,1,11,13-14,16H2,2H3,(H,31,32)/t21-,23+/m0/s1. The van der Waals surface area contributed by atoms with Crippen LogP contribution < -0.4 is 10.6 Å². The van der Waals surface area contributed by atoms with Crippen molar-refractivity contribution in [3.8, 4) is 11.8 Å². The molecule has 0 unspecified atom stereocenters. The van der Waals surface area contributed by atoms with Gasteiger partial charge in [0.15, 0.2) is 0 Å². The highest BCUT2D eigenvalue weighted by molar-refractivity contribution is 6.00. The van der Waals surface area contributed by atoms with Crippen molar-refractivity contribution in [1.29, 1.82) is 0 Å². The molecule has 35 heavy (non-hydrogen) atoms. The van der Waals surface area contributed by atoms with Gasteiger partial charge in [0.1, 0.15) is 17.7 Å². The molecule has 2 aromatic heterocycles. The molecule has 1 aromatic carbocycles. The first-order chi connectivity index (χ1) is 16.7. The molecule has 2 atom stereocenters. The van der Waals surface area contributed by atoms with Gasteiger partial charge in [-0.15, -0.1) is 0 Å². The number of halogens is 4. The number of anilines is 2. The van der Waals surface area contributed by atoms with Crippen molar-refractivity contribution in [2.24, 2.45) is 0 Å². The van der Waals surface area contributed by atoms with Gasteiger partial charge < -0.3 is 15.5 Å². The van der Waals surface area contributed by atoms with Crippen molar-refractivity contribution in [3.63, 3.8) is 0 Å². The van der Waals surface area contributed by atoms with Gasteiger partial charge in [0.2, 0.25) is 0 Å². The number of nitrogens with one attached hydrogen (secondary N) is 2. The quantitative estimate of drug-likeness (QED) is 0.390. The lowest BCUT2D eigenvalue weighted by atomic mass is 9.99. The molecule has 0 amide bonds. The number of rotatable bonds is 5. The summed E-state index contributed by atoms with van der Waals surface area (Å²) in [6.07, 6.45) is -3.55. The van der Waals surface area contributed by atoms with Gasteiger partial charge in [0.25, 0.3) is 0 Å². The van der Waals surface area contributed by atoms with Crippen LogP contribution in [0.5, 0.6) is 0 Å². The van der Waals surface area contributed by atoms with Crippen molar-refractivity contribution in [1.82, 2.24) is 14.9 Å². The van der Waals surface area contributed by atoms with Crippen LogP contribution in [0.2, 0.25) is 0 Å². The monoisotopic (exact) mass is 483 g/mol. The molecule has 2 N–H and O–H groups in total. The van der Waals surface area contributed by atoms with Crippen molar-refractivity contribution in [2.45, 2.75) is 24.8 Å². The lowest BCUT2D eigenvalue weighted by molar-refractivity contribution is -0.0688. The second-order valence-corrected chi connectivity index (χ2v) is 8.42. The lowest BCUT2D eigenvalue weighted by Crippen LogP contribution is -2.46. The Labute approximate surface area is 201 Å².